The first-order valence-electron chi connectivity index (χ1n) is 6.59. The minimum absolute atomic E-state index is 0.0454. The van der Waals surface area contributed by atoms with Crippen LogP contribution in [0.1, 0.15) is 45.1 Å². The van der Waals surface area contributed by atoms with E-state index in [4.69, 9.17) is 5.11 Å². The predicted molar refractivity (Wildman–Crippen MR) is 73.9 cm³/mol. The first-order valence-corrected chi connectivity index (χ1v) is 6.59. The highest BCUT2D eigenvalue weighted by atomic mass is 19.1. The number of amides is 1. The third-order valence-corrected chi connectivity index (χ3v) is 3.52. The molecular formula is C15H20FNO3. The van der Waals surface area contributed by atoms with E-state index in [2.05, 4.69) is 5.32 Å². The SMILES string of the molecule is CCC(C)(NC(=O)CC(C)c1ccccc1F)C(=O)O. The Balaban J connectivity index is 2.72. The van der Waals surface area contributed by atoms with E-state index >= 15 is 0 Å². The van der Waals surface area contributed by atoms with Gasteiger partial charge in [-0.05, 0) is 30.9 Å². The predicted octanol–water partition coefficient (Wildman–Crippen LogP) is 2.69. The van der Waals surface area contributed by atoms with Crippen LogP contribution in [0.5, 0.6) is 0 Å². The first-order chi connectivity index (χ1) is 9.30. The first kappa shape index (κ1) is 16.1. The number of hydrogen-bond acceptors (Lipinski definition) is 2. The fourth-order valence-electron chi connectivity index (χ4n) is 1.91. The molecule has 0 saturated heterocycles. The second kappa shape index (κ2) is 6.50. The summed E-state index contributed by atoms with van der Waals surface area (Å²) in [5.74, 6) is -2.14. The number of carboxylic acid groups (broad SMARTS) is 1. The lowest BCUT2D eigenvalue weighted by Crippen LogP contribution is -2.51. The molecule has 0 bridgehead atoms. The molecule has 0 aliphatic heterocycles. The van der Waals surface area contributed by atoms with Crippen LogP contribution in [-0.2, 0) is 9.59 Å². The number of nitrogens with one attached hydrogen (secondary N) is 1. The van der Waals surface area contributed by atoms with Crippen molar-refractivity contribution in [3.63, 3.8) is 0 Å². The second-order valence-electron chi connectivity index (χ2n) is 5.17. The minimum Gasteiger partial charge on any atom is -0.480 e. The van der Waals surface area contributed by atoms with Gasteiger partial charge in [0.1, 0.15) is 11.4 Å². The Hall–Kier alpha value is -1.91. The summed E-state index contributed by atoms with van der Waals surface area (Å²) in [6.07, 6.45) is 0.325. The number of carbonyl (C=O) groups excluding carboxylic acids is 1. The lowest BCUT2D eigenvalue weighted by atomic mass is 9.94. The zero-order valence-electron chi connectivity index (χ0n) is 11.9. The quantitative estimate of drug-likeness (QED) is 0.842. The minimum atomic E-state index is -1.29. The van der Waals surface area contributed by atoms with Crippen LogP contribution in [0, 0.1) is 5.82 Å². The van der Waals surface area contributed by atoms with E-state index in [0.717, 1.165) is 0 Å². The van der Waals surface area contributed by atoms with Crippen molar-refractivity contribution in [1.29, 1.82) is 0 Å². The smallest absolute Gasteiger partial charge is 0.329 e. The molecule has 0 fully saturated rings. The van der Waals surface area contributed by atoms with Crippen LogP contribution in [0.15, 0.2) is 24.3 Å². The summed E-state index contributed by atoms with van der Waals surface area (Å²) >= 11 is 0. The summed E-state index contributed by atoms with van der Waals surface area (Å²) in [7, 11) is 0. The van der Waals surface area contributed by atoms with Crippen LogP contribution in [-0.4, -0.2) is 22.5 Å². The summed E-state index contributed by atoms with van der Waals surface area (Å²) < 4.78 is 13.6. The molecule has 110 valence electrons. The Labute approximate surface area is 118 Å². The molecule has 1 aromatic carbocycles. The van der Waals surface area contributed by atoms with Crippen LogP contribution in [0.2, 0.25) is 0 Å². The van der Waals surface area contributed by atoms with Gasteiger partial charge in [0.15, 0.2) is 0 Å². The molecule has 0 aromatic heterocycles. The normalized spacial score (nSPS) is 15.2. The van der Waals surface area contributed by atoms with E-state index in [9.17, 15) is 14.0 Å². The lowest BCUT2D eigenvalue weighted by molar-refractivity contribution is -0.147. The van der Waals surface area contributed by atoms with Crippen molar-refractivity contribution in [2.75, 3.05) is 0 Å². The van der Waals surface area contributed by atoms with Gasteiger partial charge in [0.25, 0.3) is 0 Å². The number of benzene rings is 1. The third kappa shape index (κ3) is 3.79. The van der Waals surface area contributed by atoms with Gasteiger partial charge in [0.2, 0.25) is 5.91 Å². The van der Waals surface area contributed by atoms with Crippen LogP contribution >= 0.6 is 0 Å². The molecule has 1 rings (SSSR count). The molecule has 0 heterocycles. The van der Waals surface area contributed by atoms with Gasteiger partial charge >= 0.3 is 5.97 Å². The van der Waals surface area contributed by atoms with Crippen molar-refractivity contribution in [3.8, 4) is 0 Å². The monoisotopic (exact) mass is 281 g/mol. The molecule has 2 N–H and O–H groups in total. The molecular weight excluding hydrogens is 261 g/mol. The van der Waals surface area contributed by atoms with Crippen molar-refractivity contribution >= 4 is 11.9 Å². The highest BCUT2D eigenvalue weighted by molar-refractivity contribution is 5.86. The van der Waals surface area contributed by atoms with Crippen LogP contribution in [0.4, 0.5) is 4.39 Å². The van der Waals surface area contributed by atoms with E-state index < -0.39 is 17.4 Å². The molecule has 2 unspecified atom stereocenters. The summed E-state index contributed by atoms with van der Waals surface area (Å²) in [4.78, 5) is 23.0. The Morgan fingerprint density at radius 1 is 1.40 bits per heavy atom. The molecule has 5 heteroatoms. The number of carbonyl (C=O) groups is 2. The maximum Gasteiger partial charge on any atom is 0.329 e. The largest absolute Gasteiger partial charge is 0.480 e. The highest BCUT2D eigenvalue weighted by Crippen LogP contribution is 2.22. The topological polar surface area (TPSA) is 66.4 Å². The molecule has 1 amide bonds. The Kier molecular flexibility index (Phi) is 5.25. The van der Waals surface area contributed by atoms with E-state index in [-0.39, 0.29) is 24.6 Å². The summed E-state index contributed by atoms with van der Waals surface area (Å²) in [5.41, 5.74) is -0.831. The van der Waals surface area contributed by atoms with Crippen LogP contribution in [0.25, 0.3) is 0 Å². The number of aliphatic carboxylic acids is 1. The van der Waals surface area contributed by atoms with Gasteiger partial charge in [0.05, 0.1) is 0 Å². The standard InChI is InChI=1S/C15H20FNO3/c1-4-15(3,14(19)20)17-13(18)9-10(2)11-7-5-6-8-12(11)16/h5-8,10H,4,9H2,1-3H3,(H,17,18)(H,19,20). The average molecular weight is 281 g/mol. The van der Waals surface area contributed by atoms with Gasteiger partial charge in [-0.25, -0.2) is 9.18 Å². The summed E-state index contributed by atoms with van der Waals surface area (Å²) in [5, 5.41) is 11.6. The molecule has 0 saturated carbocycles. The van der Waals surface area contributed by atoms with Crippen LogP contribution < -0.4 is 5.32 Å². The molecule has 0 radical (unpaired) electrons. The van der Waals surface area contributed by atoms with E-state index in [1.165, 1.54) is 13.0 Å². The summed E-state index contributed by atoms with van der Waals surface area (Å²) in [6, 6.07) is 6.27. The number of carboxylic acids is 1. The van der Waals surface area contributed by atoms with Gasteiger partial charge in [-0.1, -0.05) is 32.0 Å². The molecule has 0 aliphatic rings. The number of hydrogen-bond donors (Lipinski definition) is 2. The Morgan fingerprint density at radius 2 is 2.00 bits per heavy atom. The summed E-state index contributed by atoms with van der Waals surface area (Å²) in [6.45, 7) is 4.89. The van der Waals surface area contributed by atoms with Gasteiger partial charge in [0, 0.05) is 6.42 Å². The lowest BCUT2D eigenvalue weighted by Gasteiger charge is -2.25. The Morgan fingerprint density at radius 3 is 2.50 bits per heavy atom. The fraction of sp³-hybridized carbons (Fsp3) is 0.467. The van der Waals surface area contributed by atoms with E-state index in [0.29, 0.717) is 5.56 Å². The molecule has 20 heavy (non-hydrogen) atoms. The van der Waals surface area contributed by atoms with E-state index in [1.54, 1.807) is 32.0 Å². The second-order valence-corrected chi connectivity index (χ2v) is 5.17. The Bertz CT molecular complexity index is 504. The molecule has 4 nitrogen and oxygen atoms in total. The van der Waals surface area contributed by atoms with Gasteiger partial charge in [-0.2, -0.15) is 0 Å². The molecule has 0 spiro atoms. The number of rotatable bonds is 6. The third-order valence-electron chi connectivity index (χ3n) is 3.52. The number of halogens is 1. The highest BCUT2D eigenvalue weighted by Gasteiger charge is 2.33. The molecule has 2 atom stereocenters. The van der Waals surface area contributed by atoms with Crippen molar-refractivity contribution in [2.45, 2.75) is 45.1 Å². The average Bonchev–Trinajstić information content (AvgIpc) is 2.38. The van der Waals surface area contributed by atoms with Gasteiger partial charge in [-0.15, -0.1) is 0 Å². The van der Waals surface area contributed by atoms with Crippen LogP contribution in [0.3, 0.4) is 0 Å². The van der Waals surface area contributed by atoms with Crippen molar-refractivity contribution in [3.05, 3.63) is 35.6 Å². The fourth-order valence-corrected chi connectivity index (χ4v) is 1.91. The molecule has 1 aromatic rings. The van der Waals surface area contributed by atoms with Gasteiger partial charge < -0.3 is 10.4 Å². The molecule has 0 aliphatic carbocycles. The zero-order valence-corrected chi connectivity index (χ0v) is 11.9. The van der Waals surface area contributed by atoms with Gasteiger partial charge in [-0.3, -0.25) is 4.79 Å². The van der Waals surface area contributed by atoms with Crippen molar-refractivity contribution in [1.82, 2.24) is 5.32 Å². The zero-order chi connectivity index (χ0) is 15.3. The maximum atomic E-state index is 13.6. The van der Waals surface area contributed by atoms with Crippen molar-refractivity contribution in [2.24, 2.45) is 0 Å². The van der Waals surface area contributed by atoms with E-state index in [1.807, 2.05) is 0 Å². The maximum absolute atomic E-state index is 13.6. The van der Waals surface area contributed by atoms with Crippen molar-refractivity contribution < 1.29 is 19.1 Å².